The van der Waals surface area contributed by atoms with E-state index < -0.39 is 33.3 Å². The summed E-state index contributed by atoms with van der Waals surface area (Å²) < 4.78 is 44.0. The predicted octanol–water partition coefficient (Wildman–Crippen LogP) is 19.0. The van der Waals surface area contributed by atoms with E-state index in [9.17, 15) is 8.42 Å². The molecule has 0 unspecified atom stereocenters. The smallest absolute Gasteiger partial charge is 0.423 e. The second kappa shape index (κ2) is 53.2. The Hall–Kier alpha value is -13.8. The summed E-state index contributed by atoms with van der Waals surface area (Å²) in [5.41, 5.74) is 43.0. The van der Waals surface area contributed by atoms with Crippen LogP contribution in [0.3, 0.4) is 0 Å². The molecule has 11 aromatic heterocycles. The minimum Gasteiger partial charge on any atom is -0.423 e. The van der Waals surface area contributed by atoms with Gasteiger partial charge in [-0.2, -0.15) is 5.10 Å². The van der Waals surface area contributed by atoms with E-state index in [0.29, 0.717) is 44.7 Å². The number of hydrogen-bond acceptors (Lipinski definition) is 26. The van der Waals surface area contributed by atoms with Crippen molar-refractivity contribution in [2.75, 3.05) is 30.0 Å². The van der Waals surface area contributed by atoms with Crippen molar-refractivity contribution in [3.05, 3.63) is 356 Å². The molecule has 0 aliphatic carbocycles. The zero-order valence-electron chi connectivity index (χ0n) is 79.8. The summed E-state index contributed by atoms with van der Waals surface area (Å²) in [5, 5.41) is 87.2. The molecule has 1 fully saturated rings. The molecule has 39 heteroatoms. The molecule has 0 saturated carbocycles. The van der Waals surface area contributed by atoms with Gasteiger partial charge >= 0.3 is 14.2 Å². The Morgan fingerprint density at radius 3 is 1.29 bits per heavy atom. The minimum absolute atomic E-state index is 0.220. The van der Waals surface area contributed by atoms with E-state index in [2.05, 4.69) is 226 Å². The molecular formula is C103H105B2Br2I2N23O7SSi2. The third kappa shape index (κ3) is 33.4. The van der Waals surface area contributed by atoms with E-state index in [1.165, 1.54) is 7.54 Å². The Balaban J connectivity index is 0.000000165. The number of nitrogens with two attached hydrogens (primary N) is 4. The van der Waals surface area contributed by atoms with Gasteiger partial charge in [0.1, 0.15) is 32.4 Å². The fourth-order valence-corrected chi connectivity index (χ4v) is 15.9. The number of aromatic amines is 2. The van der Waals surface area contributed by atoms with Gasteiger partial charge in [-0.1, -0.05) is 276 Å². The molecule has 30 nitrogen and oxygen atoms in total. The van der Waals surface area contributed by atoms with E-state index in [1.54, 1.807) is 89.9 Å². The van der Waals surface area contributed by atoms with Crippen molar-refractivity contribution in [3.8, 4) is 91.0 Å². The molecule has 0 radical (unpaired) electrons. The maximum atomic E-state index is 12.9. The van der Waals surface area contributed by atoms with Crippen molar-refractivity contribution >= 4 is 185 Å². The Bertz CT molecular complexity index is 7390. The first-order valence-corrected chi connectivity index (χ1v) is 56.0. The lowest BCUT2D eigenvalue weighted by atomic mass is 9.81. The molecule has 142 heavy (non-hydrogen) atoms. The second-order valence-electron chi connectivity index (χ2n) is 33.7. The first-order valence-electron chi connectivity index (χ1n) is 43.9. The summed E-state index contributed by atoms with van der Waals surface area (Å²) in [5.74, 6) is 4.83. The van der Waals surface area contributed by atoms with Gasteiger partial charge in [0.2, 0.25) is 0 Å². The van der Waals surface area contributed by atoms with E-state index in [0.717, 1.165) is 115 Å². The summed E-state index contributed by atoms with van der Waals surface area (Å²) in [6, 6.07) is 95.1. The molecular weight excluding hydrogens is 2190 g/mol. The van der Waals surface area contributed by atoms with Crippen LogP contribution >= 0.6 is 77.0 Å². The van der Waals surface area contributed by atoms with Crippen LogP contribution < -0.4 is 33.9 Å². The van der Waals surface area contributed by atoms with Crippen molar-refractivity contribution in [1.82, 2.24) is 95.1 Å². The normalized spacial score (nSPS) is 11.8. The van der Waals surface area contributed by atoms with Crippen LogP contribution in [0.25, 0.3) is 101 Å². The number of nitrogen functional groups attached to an aromatic ring is 4. The van der Waals surface area contributed by atoms with Gasteiger partial charge in [0.25, 0.3) is 10.0 Å². The van der Waals surface area contributed by atoms with Crippen LogP contribution in [0.4, 0.5) is 23.3 Å². The zero-order valence-corrected chi connectivity index (χ0v) is 90.1. The topological polar surface area (TPSA) is 452 Å². The molecule has 19 aromatic rings. The number of nitrogens with one attached hydrogen (secondary N) is 2. The van der Waals surface area contributed by atoms with Crippen molar-refractivity contribution in [2.24, 2.45) is 7.05 Å². The molecule has 13 N–H and O–H groups in total. The summed E-state index contributed by atoms with van der Waals surface area (Å²) in [4.78, 5) is 6.33. The van der Waals surface area contributed by atoms with Crippen molar-refractivity contribution in [1.29, 1.82) is 0 Å². The van der Waals surface area contributed by atoms with Crippen molar-refractivity contribution in [3.63, 3.8) is 0 Å². The van der Waals surface area contributed by atoms with Crippen LogP contribution in [-0.4, -0.2) is 167 Å². The fraction of sp³-hybridized carbons (Fsp3) is 0.136. The lowest BCUT2D eigenvalue weighted by Gasteiger charge is -2.32. The van der Waals surface area contributed by atoms with Crippen LogP contribution in [0, 0.1) is 30.6 Å². The highest BCUT2D eigenvalue weighted by atomic mass is 127. The Morgan fingerprint density at radius 1 is 0.458 bits per heavy atom. The predicted molar refractivity (Wildman–Crippen MR) is 599 cm³/mol. The second-order valence-corrected chi connectivity index (χ2v) is 49.1. The maximum Gasteiger partial charge on any atom is 0.498 e. The van der Waals surface area contributed by atoms with E-state index >= 15 is 0 Å². The minimum atomic E-state index is -3.71. The molecule has 20 rings (SSSR count). The average molecular weight is 2300 g/mol. The maximum absolute atomic E-state index is 12.9. The lowest BCUT2D eigenvalue weighted by molar-refractivity contribution is 0.00578. The monoisotopic (exact) mass is 2300 g/mol. The lowest BCUT2D eigenvalue weighted by Crippen LogP contribution is -2.41. The fourth-order valence-electron chi connectivity index (χ4n) is 12.1. The highest BCUT2D eigenvalue weighted by Gasteiger charge is 2.52. The highest BCUT2D eigenvalue weighted by Crippen LogP contribution is 2.37. The molecule has 8 aromatic carbocycles. The summed E-state index contributed by atoms with van der Waals surface area (Å²) in [6.07, 6.45) is 14.2. The van der Waals surface area contributed by atoms with Gasteiger partial charge in [0.15, 0.2) is 28.6 Å². The molecule has 0 amide bonds. The van der Waals surface area contributed by atoms with Crippen molar-refractivity contribution in [2.45, 2.75) is 83.1 Å². The van der Waals surface area contributed by atoms with Gasteiger partial charge in [-0.05, 0) is 183 Å². The van der Waals surface area contributed by atoms with Crippen LogP contribution in [0.2, 0.25) is 39.3 Å². The molecule has 0 bridgehead atoms. The number of nitrogens with zero attached hydrogens (tertiary/aromatic N) is 17. The number of anilines is 4. The Morgan fingerprint density at radius 2 is 0.866 bits per heavy atom. The summed E-state index contributed by atoms with van der Waals surface area (Å²) in [7, 11) is -5.00. The molecule has 12 heterocycles. The van der Waals surface area contributed by atoms with Crippen LogP contribution in [0.5, 0.6) is 0 Å². The number of rotatable bonds is 10. The van der Waals surface area contributed by atoms with Gasteiger partial charge in [0, 0.05) is 107 Å². The first kappa shape index (κ1) is 110. The Kier molecular flexibility index (Phi) is 41.3. The molecule has 1 aliphatic heterocycles. The molecule has 1 saturated heterocycles. The SMILES string of the molecule is C#C[Si](C)(C)C.CO.C[Si](C)(C)C#Cc1cc(-c2ccccc2)nnc1N.Cn1cc(B2OC(C)(C)C(C)(C)O2)cn1.Ic1c[nH]c2nnc(-c3ccccc3)cc12.Nc1ccc(-c2ccccc2)nn1.Nc1ccc(Br)nn1.Nc1nnc(-c2ccccc2)cc1Br.O=S(=O)(c1ccccc1)n1cc(I)c2cc(-c3ccccc3)nnc21.OB(O)c1ccccc1.c1ccc(-c2cc3cc[nH]c3nn2)cc1. The first-order chi connectivity index (χ1) is 67.9. The zero-order chi connectivity index (χ0) is 103. The quantitative estimate of drug-likeness (QED) is 0.0349. The van der Waals surface area contributed by atoms with Gasteiger partial charge < -0.3 is 57.4 Å². The summed E-state index contributed by atoms with van der Waals surface area (Å²) >= 11 is 10.8. The number of aliphatic hydroxyl groups excluding tert-OH is 1. The van der Waals surface area contributed by atoms with Gasteiger partial charge in [0.05, 0.1) is 60.3 Å². The van der Waals surface area contributed by atoms with Crippen LogP contribution in [0.15, 0.2) is 348 Å². The summed E-state index contributed by atoms with van der Waals surface area (Å²) in [6.45, 7) is 21.2. The molecule has 0 atom stereocenters. The number of aryl methyl sites for hydroxylation is 1. The number of benzene rings is 8. The van der Waals surface area contributed by atoms with Crippen LogP contribution in [0.1, 0.15) is 33.3 Å². The molecule has 1 aliphatic rings. The Labute approximate surface area is 872 Å². The van der Waals surface area contributed by atoms with Crippen LogP contribution in [-0.2, 0) is 26.4 Å². The standard InChI is InChI=1S/C18H12IN3O2S.C15H17N3Si.C12H8IN3.C12H9N3.C10H17BN2O2.C10H8BrN3.C10H9N3.C6H7BO2.C5H10Si.C4H4BrN3.CH4O/c19-16-12-22(25(23,24)14-9-5-2-6-10-14)18-15(16)11-17(20-21-18)13-7-3-1-4-8-13;1-19(2,3)10-9-13-11-14(17-18-15(13)16)12-7-5-4-6-8-12;13-10-7-14-12-9(10)6-11(15-16-12)8-4-2-1-3-5-8;1-2-4-9(5-3-1)11-8-10-6-7-13-12(10)15-14-11;1-9(2)10(3,4)15-11(14-9)8-6-12-13(5)7-8;11-8-6-9(13-14-10(8)12)7-4-2-1-3-5-7;11-10-7-6-9(12-13-10)8-4-2-1-3-5-8;8-7(9)6-4-2-1-3-5-6;1-5-6(2,3)4;5-3-1-2-4(6)8-7-3;1-2/h1-12H;4-8,11H,1-3H3,(H2,16,18);1-7H,(H,14,16);1-8H,(H,13,15);6-7H,1-5H3;1-6H,(H2,12,14);1-7H,(H2,11,13);1-5,8-9H;1H,2-4H3;1-2H,(H2,6,8);2H,1H3. The molecule has 722 valence electrons. The third-order valence-electron chi connectivity index (χ3n) is 20.2. The third-order valence-corrected chi connectivity index (χ3v) is 26.4. The number of aromatic nitrogens is 19. The number of fused-ring (bicyclic) bond motifs is 3. The largest absolute Gasteiger partial charge is 0.498 e. The number of H-pyrrole nitrogens is 2. The van der Waals surface area contributed by atoms with E-state index in [-0.39, 0.29) is 23.2 Å². The van der Waals surface area contributed by atoms with E-state index in [1.807, 2.05) is 278 Å². The number of terminal acetylenes is 1. The van der Waals surface area contributed by atoms with E-state index in [4.69, 9.17) is 53.8 Å². The highest BCUT2D eigenvalue weighted by molar-refractivity contribution is 14.1. The van der Waals surface area contributed by atoms with Gasteiger partial charge in [-0.15, -0.1) is 88.9 Å². The van der Waals surface area contributed by atoms with Gasteiger partial charge in [-0.3, -0.25) is 4.68 Å². The molecule has 0 spiro atoms. The average Bonchev–Trinajstić information content (AvgIpc) is 1.58. The van der Waals surface area contributed by atoms with Crippen molar-refractivity contribution < 1.29 is 32.9 Å². The number of aliphatic hydroxyl groups is 1. The van der Waals surface area contributed by atoms with Gasteiger partial charge in [-0.25, -0.2) is 12.4 Å². The number of hydrogen-bond donors (Lipinski definition) is 9. The number of halogens is 4.